The molecule has 2 aliphatic heterocycles. The molecule has 7 atom stereocenters. The van der Waals surface area contributed by atoms with Crippen molar-refractivity contribution in [3.8, 4) is 0 Å². The van der Waals surface area contributed by atoms with Crippen molar-refractivity contribution in [2.24, 2.45) is 22.7 Å². The molecular formula is C20H30Ac2O6. The second kappa shape index (κ2) is 9.43. The zero-order valence-corrected chi connectivity index (χ0v) is 26.3. The van der Waals surface area contributed by atoms with Crippen LogP contribution in [0.15, 0.2) is 11.6 Å². The molecule has 0 aromatic carbocycles. The smallest absolute Gasteiger partial charge is 0.336 e. The Bertz CT molecular complexity index is 636. The van der Waals surface area contributed by atoms with Crippen LogP contribution >= 0.6 is 0 Å². The fourth-order valence-corrected chi connectivity index (χ4v) is 6.24. The van der Waals surface area contributed by atoms with Crippen LogP contribution in [0.3, 0.4) is 0 Å². The van der Waals surface area contributed by atoms with Gasteiger partial charge in [-0.15, -0.1) is 0 Å². The minimum Gasteiger partial charge on any atom is -0.459 e. The van der Waals surface area contributed by atoms with Crippen molar-refractivity contribution >= 4 is 5.97 Å². The minimum absolute atomic E-state index is 0. The summed E-state index contributed by atoms with van der Waals surface area (Å²) in [5, 5.41) is 30.6. The summed E-state index contributed by atoms with van der Waals surface area (Å²) in [7, 11) is 0. The van der Waals surface area contributed by atoms with Gasteiger partial charge in [-0.2, -0.15) is 0 Å². The maximum Gasteiger partial charge on any atom is 0.336 e. The number of fused-ring (bicyclic) bond motifs is 1. The number of carbonyl (C=O) groups is 1. The van der Waals surface area contributed by atoms with Gasteiger partial charge in [-0.3, -0.25) is 0 Å². The topological polar surface area (TPSA) is 99.5 Å². The summed E-state index contributed by atoms with van der Waals surface area (Å²) in [6.45, 7) is 4.99. The van der Waals surface area contributed by atoms with Gasteiger partial charge in [0.25, 0.3) is 0 Å². The molecule has 0 bridgehead atoms. The van der Waals surface area contributed by atoms with Gasteiger partial charge in [0.05, 0.1) is 30.5 Å². The van der Waals surface area contributed by atoms with Crippen molar-refractivity contribution in [1.29, 1.82) is 0 Å². The van der Waals surface area contributed by atoms with E-state index in [4.69, 9.17) is 9.47 Å². The third-order valence-electron chi connectivity index (χ3n) is 7.99. The van der Waals surface area contributed by atoms with Crippen LogP contribution in [0.2, 0.25) is 0 Å². The standard InChI is InChI=1S/C20H30O6.2Ac/c1-18-7-6-16(23)19(2,10-21)14(18)5-8-20(11-26-20)15(18)4-3-12-13(22)9-25-17(12)24;;/h3,13-16,21-23H,4-11H2,1-2H3;;/b12-3+;;/t13?,14?,15?,16?,18-,19-,20-;;/m0../s1. The number of hydrogen-bond donors (Lipinski definition) is 3. The number of esters is 1. The van der Waals surface area contributed by atoms with Crippen LogP contribution in [0.1, 0.15) is 46.0 Å². The summed E-state index contributed by atoms with van der Waals surface area (Å²) >= 11 is 0. The first-order valence-corrected chi connectivity index (χ1v) is 9.75. The van der Waals surface area contributed by atoms with Gasteiger partial charge < -0.3 is 24.8 Å². The molecule has 0 aromatic rings. The zero-order valence-electron chi connectivity index (χ0n) is 16.8. The van der Waals surface area contributed by atoms with Gasteiger partial charge in [-0.25, -0.2) is 4.79 Å². The minimum atomic E-state index is -0.846. The SMILES string of the molecule is C[C@@]1(CO)C(O)CC[C@]2(C)C(C/C=C3/C(=O)OCC3O)[C@]3(CCC12)CO3.[Ac].[Ac]. The quantitative estimate of drug-likeness (QED) is 0.225. The van der Waals surface area contributed by atoms with Gasteiger partial charge >= 0.3 is 5.97 Å². The fourth-order valence-electron chi connectivity index (χ4n) is 6.24. The fraction of sp³-hybridized carbons (Fsp3) is 0.850. The summed E-state index contributed by atoms with van der Waals surface area (Å²) in [4.78, 5) is 11.8. The van der Waals surface area contributed by atoms with E-state index in [0.29, 0.717) is 18.4 Å². The van der Waals surface area contributed by atoms with E-state index in [-0.39, 0.29) is 124 Å². The summed E-state index contributed by atoms with van der Waals surface area (Å²) < 4.78 is 10.9. The Hall–Kier alpha value is 1.93. The Morgan fingerprint density at radius 1 is 1.18 bits per heavy atom. The Morgan fingerprint density at radius 3 is 2.39 bits per heavy atom. The number of cyclic esters (lactones) is 1. The summed E-state index contributed by atoms with van der Waals surface area (Å²) in [5.74, 6) is -0.0392. The summed E-state index contributed by atoms with van der Waals surface area (Å²) in [6.07, 6.45) is 4.53. The van der Waals surface area contributed by atoms with Crippen molar-refractivity contribution in [1.82, 2.24) is 0 Å². The first-order valence-electron chi connectivity index (χ1n) is 9.75. The molecular weight excluding hydrogens is 790 g/mol. The molecule has 152 valence electrons. The maximum absolute atomic E-state index is 11.8. The van der Waals surface area contributed by atoms with Gasteiger partial charge in [-0.1, -0.05) is 19.9 Å². The average Bonchev–Trinajstić information content (AvgIpc) is 3.31. The van der Waals surface area contributed by atoms with Crippen LogP contribution in [0.5, 0.6) is 0 Å². The predicted molar refractivity (Wildman–Crippen MR) is 93.1 cm³/mol. The Labute approximate surface area is 238 Å². The molecule has 4 unspecified atom stereocenters. The monoisotopic (exact) mass is 820 g/mol. The molecule has 0 amide bonds. The molecule has 2 aliphatic carbocycles. The molecule has 1 spiro atoms. The first-order chi connectivity index (χ1) is 12.3. The third kappa shape index (κ3) is 4.14. The number of carbonyl (C=O) groups excluding carboxylic acids is 1. The van der Waals surface area contributed by atoms with Gasteiger partial charge in [0.2, 0.25) is 0 Å². The van der Waals surface area contributed by atoms with Gasteiger partial charge in [-0.05, 0) is 49.4 Å². The number of ether oxygens (including phenoxy) is 2. The molecule has 8 heteroatoms. The maximum atomic E-state index is 11.8. The predicted octanol–water partition coefficient (Wildman–Crippen LogP) is 1.18. The van der Waals surface area contributed by atoms with Gasteiger partial charge in [0.15, 0.2) is 0 Å². The van der Waals surface area contributed by atoms with E-state index >= 15 is 0 Å². The van der Waals surface area contributed by atoms with Gasteiger partial charge in [0, 0.05) is 93.5 Å². The Kier molecular flexibility index (Phi) is 8.82. The van der Waals surface area contributed by atoms with Crippen LogP contribution in [0, 0.1) is 111 Å². The Balaban J connectivity index is 0.00000140. The van der Waals surface area contributed by atoms with E-state index in [1.807, 2.05) is 13.0 Å². The molecule has 2 saturated carbocycles. The second-order valence-electron chi connectivity index (χ2n) is 9.23. The normalized spacial score (nSPS) is 48.5. The summed E-state index contributed by atoms with van der Waals surface area (Å²) in [5.41, 5.74) is -0.405. The number of epoxide rings is 1. The molecule has 28 heavy (non-hydrogen) atoms. The van der Waals surface area contributed by atoms with E-state index in [9.17, 15) is 20.1 Å². The number of rotatable bonds is 3. The van der Waals surface area contributed by atoms with E-state index in [1.165, 1.54) is 0 Å². The van der Waals surface area contributed by atoms with Crippen LogP contribution in [-0.4, -0.2) is 58.9 Å². The summed E-state index contributed by atoms with van der Waals surface area (Å²) in [6, 6.07) is 0. The molecule has 3 N–H and O–H groups in total. The van der Waals surface area contributed by atoms with Crippen LogP contribution in [-0.2, 0) is 14.3 Å². The number of hydrogen-bond acceptors (Lipinski definition) is 6. The number of aliphatic hydroxyl groups excluding tert-OH is 3. The molecule has 2 heterocycles. The van der Waals surface area contributed by atoms with Gasteiger partial charge in [0.1, 0.15) is 12.7 Å². The molecule has 6 nitrogen and oxygen atoms in total. The van der Waals surface area contributed by atoms with E-state index in [0.717, 1.165) is 25.9 Å². The third-order valence-corrected chi connectivity index (χ3v) is 7.99. The van der Waals surface area contributed by atoms with E-state index < -0.39 is 23.6 Å². The van der Waals surface area contributed by atoms with Crippen LogP contribution in [0.4, 0.5) is 0 Å². The van der Waals surface area contributed by atoms with Crippen molar-refractivity contribution in [3.63, 3.8) is 0 Å². The first kappa shape index (κ1) is 26.2. The number of allylic oxidation sites excluding steroid dienone is 1. The van der Waals surface area contributed by atoms with Crippen LogP contribution < -0.4 is 0 Å². The van der Waals surface area contributed by atoms with E-state index in [2.05, 4.69) is 6.92 Å². The van der Waals surface area contributed by atoms with E-state index in [1.54, 1.807) is 0 Å². The van der Waals surface area contributed by atoms with Crippen molar-refractivity contribution in [3.05, 3.63) is 11.6 Å². The van der Waals surface area contributed by atoms with Crippen molar-refractivity contribution < 1.29 is 118 Å². The molecule has 2 saturated heterocycles. The Morgan fingerprint density at radius 2 is 1.86 bits per heavy atom. The molecule has 4 aliphatic rings. The molecule has 2 radical (unpaired) electrons. The number of aliphatic hydroxyl groups is 3. The molecule has 4 fully saturated rings. The average molecular weight is 820 g/mol. The van der Waals surface area contributed by atoms with Crippen molar-refractivity contribution in [2.75, 3.05) is 19.8 Å². The van der Waals surface area contributed by atoms with Crippen LogP contribution in [0.25, 0.3) is 0 Å². The molecule has 4 rings (SSSR count). The van der Waals surface area contributed by atoms with Crippen molar-refractivity contribution in [2.45, 2.75) is 63.8 Å². The largest absolute Gasteiger partial charge is 0.459 e. The second-order valence-corrected chi connectivity index (χ2v) is 9.23. The molecule has 0 aromatic heterocycles. The zero-order chi connectivity index (χ0) is 18.7.